The van der Waals surface area contributed by atoms with E-state index in [0.717, 1.165) is 5.69 Å². The van der Waals surface area contributed by atoms with Crippen molar-refractivity contribution < 1.29 is 4.79 Å². The first kappa shape index (κ1) is 11.2. The fourth-order valence-corrected chi connectivity index (χ4v) is 1.15. The molecule has 1 rings (SSSR count). The number of rotatable bonds is 3. The van der Waals surface area contributed by atoms with Gasteiger partial charge < -0.3 is 4.90 Å². The predicted molar refractivity (Wildman–Crippen MR) is 63.8 cm³/mol. The second-order valence-electron chi connectivity index (χ2n) is 3.46. The van der Waals surface area contributed by atoms with Crippen LogP contribution in [0.4, 0.5) is 5.69 Å². The molecule has 2 nitrogen and oxygen atoms in total. The van der Waals surface area contributed by atoms with Gasteiger partial charge in [-0.25, -0.2) is 0 Å². The molecular weight excluding hydrogens is 186 g/mol. The van der Waals surface area contributed by atoms with Gasteiger partial charge in [-0.2, -0.15) is 0 Å². The van der Waals surface area contributed by atoms with Crippen molar-refractivity contribution in [1.29, 1.82) is 0 Å². The van der Waals surface area contributed by atoms with Crippen molar-refractivity contribution in [2.45, 2.75) is 6.92 Å². The van der Waals surface area contributed by atoms with Gasteiger partial charge in [0.15, 0.2) is 0 Å². The van der Waals surface area contributed by atoms with E-state index < -0.39 is 0 Å². The Bertz CT molecular complexity index is 392. The van der Waals surface area contributed by atoms with E-state index in [-0.39, 0.29) is 5.91 Å². The van der Waals surface area contributed by atoms with E-state index in [1.54, 1.807) is 18.9 Å². The summed E-state index contributed by atoms with van der Waals surface area (Å²) in [5, 5.41) is 0. The summed E-state index contributed by atoms with van der Waals surface area (Å²) in [5.41, 5.74) is 1.99. The molecule has 0 saturated carbocycles. The number of amides is 1. The summed E-state index contributed by atoms with van der Waals surface area (Å²) < 4.78 is 0. The maximum Gasteiger partial charge on any atom is 0.257 e. The Balaban J connectivity index is 2.87. The van der Waals surface area contributed by atoms with Gasteiger partial charge >= 0.3 is 0 Å². The normalized spacial score (nSPS) is 9.47. The first-order valence-electron chi connectivity index (χ1n) is 4.72. The lowest BCUT2D eigenvalue weighted by Gasteiger charge is -2.18. The molecular formula is C13H15NO. The average molecular weight is 201 g/mol. The Hall–Kier alpha value is -1.83. The molecule has 15 heavy (non-hydrogen) atoms. The minimum absolute atomic E-state index is 0.117. The number of hydrogen-bond acceptors (Lipinski definition) is 1. The molecule has 1 amide bonds. The van der Waals surface area contributed by atoms with Crippen molar-refractivity contribution in [3.63, 3.8) is 0 Å². The number of carbonyl (C=O) groups excluding carboxylic acids is 1. The summed E-state index contributed by atoms with van der Waals surface area (Å²) in [7, 11) is 1.73. The number of anilines is 1. The number of likely N-dealkylation sites (N-methyl/N-ethyl adjacent to an activating group) is 1. The second kappa shape index (κ2) is 4.60. The van der Waals surface area contributed by atoms with Crippen LogP contribution in [0.2, 0.25) is 0 Å². The summed E-state index contributed by atoms with van der Waals surface area (Å²) in [5.74, 6) is -0.117. The second-order valence-corrected chi connectivity index (χ2v) is 3.46. The smallest absolute Gasteiger partial charge is 0.257 e. The number of carbonyl (C=O) groups is 1. The zero-order valence-corrected chi connectivity index (χ0v) is 9.16. The molecule has 0 saturated heterocycles. The maximum atomic E-state index is 11.9. The van der Waals surface area contributed by atoms with Crippen LogP contribution in [0.5, 0.6) is 0 Å². The molecule has 0 unspecified atom stereocenters. The first-order valence-corrected chi connectivity index (χ1v) is 4.72. The predicted octanol–water partition coefficient (Wildman–Crippen LogP) is 2.78. The lowest BCUT2D eigenvalue weighted by atomic mass is 10.1. The third-order valence-corrected chi connectivity index (χ3v) is 2.22. The van der Waals surface area contributed by atoms with Crippen LogP contribution in [0.15, 0.2) is 54.6 Å². The molecule has 2 heteroatoms. The molecule has 0 fully saturated rings. The highest BCUT2D eigenvalue weighted by Gasteiger charge is 2.14. The zero-order chi connectivity index (χ0) is 11.4. The summed E-state index contributed by atoms with van der Waals surface area (Å²) in [6, 6.07) is 9.45. The first-order chi connectivity index (χ1) is 7.04. The lowest BCUT2D eigenvalue weighted by Crippen LogP contribution is -2.27. The third-order valence-electron chi connectivity index (χ3n) is 2.22. The van der Waals surface area contributed by atoms with Crippen molar-refractivity contribution in [2.75, 3.05) is 11.9 Å². The standard InChI is InChI=1S/C13H15NO/c1-10(2)11(3)13(15)14(4)12-8-6-5-7-9-12/h5-9H,1,3H2,2,4H3. The van der Waals surface area contributed by atoms with Gasteiger partial charge in [0, 0.05) is 18.3 Å². The third kappa shape index (κ3) is 2.56. The molecule has 1 aromatic carbocycles. The van der Waals surface area contributed by atoms with E-state index in [4.69, 9.17) is 0 Å². The largest absolute Gasteiger partial charge is 0.311 e. The molecule has 0 heterocycles. The Morgan fingerprint density at radius 1 is 1.20 bits per heavy atom. The molecule has 0 radical (unpaired) electrons. The molecule has 0 atom stereocenters. The molecule has 0 aliphatic carbocycles. The Kier molecular flexibility index (Phi) is 3.45. The van der Waals surface area contributed by atoms with Gasteiger partial charge in [0.25, 0.3) is 5.91 Å². The highest BCUT2D eigenvalue weighted by Crippen LogP contribution is 2.15. The van der Waals surface area contributed by atoms with E-state index in [2.05, 4.69) is 13.2 Å². The molecule has 1 aromatic rings. The molecule has 0 aliphatic heterocycles. The molecule has 0 aliphatic rings. The van der Waals surface area contributed by atoms with E-state index in [1.807, 2.05) is 30.3 Å². The number of benzene rings is 1. The van der Waals surface area contributed by atoms with Gasteiger partial charge in [-0.1, -0.05) is 31.4 Å². The molecule has 0 N–H and O–H groups in total. The van der Waals surface area contributed by atoms with Crippen molar-refractivity contribution >= 4 is 11.6 Å². The number of hydrogen-bond donors (Lipinski definition) is 0. The van der Waals surface area contributed by atoms with Gasteiger partial charge in [-0.15, -0.1) is 0 Å². The van der Waals surface area contributed by atoms with Gasteiger partial charge in [-0.3, -0.25) is 4.79 Å². The fourth-order valence-electron chi connectivity index (χ4n) is 1.15. The van der Waals surface area contributed by atoms with E-state index in [1.165, 1.54) is 0 Å². The quantitative estimate of drug-likeness (QED) is 0.544. The van der Waals surface area contributed by atoms with Gasteiger partial charge in [-0.05, 0) is 24.6 Å². The molecule has 78 valence electrons. The Morgan fingerprint density at radius 2 is 1.73 bits per heavy atom. The molecule has 0 spiro atoms. The topological polar surface area (TPSA) is 20.3 Å². The number of nitrogens with zero attached hydrogens (tertiary/aromatic N) is 1. The van der Waals surface area contributed by atoms with Crippen molar-refractivity contribution in [3.8, 4) is 0 Å². The van der Waals surface area contributed by atoms with Crippen LogP contribution in [0.3, 0.4) is 0 Å². The summed E-state index contributed by atoms with van der Waals surface area (Å²) in [6.45, 7) is 9.19. The van der Waals surface area contributed by atoms with E-state index >= 15 is 0 Å². The van der Waals surface area contributed by atoms with Crippen molar-refractivity contribution in [2.24, 2.45) is 0 Å². The minimum atomic E-state index is -0.117. The van der Waals surface area contributed by atoms with Gasteiger partial charge in [0.2, 0.25) is 0 Å². The van der Waals surface area contributed by atoms with Crippen LogP contribution in [-0.2, 0) is 4.79 Å². The highest BCUT2D eigenvalue weighted by atomic mass is 16.2. The summed E-state index contributed by atoms with van der Waals surface area (Å²) in [6.07, 6.45) is 0. The van der Waals surface area contributed by atoms with Gasteiger partial charge in [0.05, 0.1) is 0 Å². The maximum absolute atomic E-state index is 11.9. The van der Waals surface area contributed by atoms with Crippen LogP contribution >= 0.6 is 0 Å². The van der Waals surface area contributed by atoms with Crippen LogP contribution in [0, 0.1) is 0 Å². The van der Waals surface area contributed by atoms with Crippen molar-refractivity contribution in [3.05, 3.63) is 54.6 Å². The van der Waals surface area contributed by atoms with E-state index in [9.17, 15) is 4.79 Å². The molecule has 0 aromatic heterocycles. The SMILES string of the molecule is C=C(C)C(=C)C(=O)N(C)c1ccccc1. The van der Waals surface area contributed by atoms with Crippen molar-refractivity contribution in [1.82, 2.24) is 0 Å². The Morgan fingerprint density at radius 3 is 2.20 bits per heavy atom. The average Bonchev–Trinajstić information content (AvgIpc) is 2.27. The lowest BCUT2D eigenvalue weighted by molar-refractivity contribution is -0.114. The van der Waals surface area contributed by atoms with E-state index in [0.29, 0.717) is 11.1 Å². The van der Waals surface area contributed by atoms with Crippen LogP contribution < -0.4 is 4.90 Å². The Labute approximate surface area is 90.5 Å². The van der Waals surface area contributed by atoms with Crippen LogP contribution in [0.25, 0.3) is 0 Å². The zero-order valence-electron chi connectivity index (χ0n) is 9.16. The van der Waals surface area contributed by atoms with Gasteiger partial charge in [0.1, 0.15) is 0 Å². The van der Waals surface area contributed by atoms with Crippen LogP contribution in [-0.4, -0.2) is 13.0 Å². The fraction of sp³-hybridized carbons (Fsp3) is 0.154. The monoisotopic (exact) mass is 201 g/mol. The molecule has 0 bridgehead atoms. The summed E-state index contributed by atoms with van der Waals surface area (Å²) in [4.78, 5) is 13.4. The summed E-state index contributed by atoms with van der Waals surface area (Å²) >= 11 is 0. The highest BCUT2D eigenvalue weighted by molar-refractivity contribution is 6.07. The minimum Gasteiger partial charge on any atom is -0.311 e. The van der Waals surface area contributed by atoms with Crippen LogP contribution in [0.1, 0.15) is 6.92 Å². The number of para-hydroxylation sites is 1.